The van der Waals surface area contributed by atoms with Crippen LogP contribution in [0.25, 0.3) is 0 Å². The Morgan fingerprint density at radius 1 is 1.39 bits per heavy atom. The Morgan fingerprint density at radius 2 is 2.00 bits per heavy atom. The van der Waals surface area contributed by atoms with Gasteiger partial charge < -0.3 is 5.32 Å². The highest BCUT2D eigenvalue weighted by atomic mass is 32.2. The average Bonchev–Trinajstić information content (AvgIpc) is 2.39. The molecule has 5 nitrogen and oxygen atoms in total. The van der Waals surface area contributed by atoms with E-state index in [-0.39, 0.29) is 0 Å². The maximum Gasteiger partial charge on any atom is 0.281 e. The largest absolute Gasteiger partial charge is 0.320 e. The molecule has 0 radical (unpaired) electrons. The second kappa shape index (κ2) is 7.69. The first kappa shape index (κ1) is 16.2. The number of thioether (sulfide) groups is 1. The molecule has 1 aliphatic rings. The Balaban J connectivity index is 2.48. The number of nitrogens with zero attached hydrogens (tertiary/aromatic N) is 2. The molecule has 1 saturated heterocycles. The van der Waals surface area contributed by atoms with Crippen LogP contribution in [0.5, 0.6) is 0 Å². The summed E-state index contributed by atoms with van der Waals surface area (Å²) in [7, 11) is 0.304. The van der Waals surface area contributed by atoms with Crippen LogP contribution < -0.4 is 5.32 Å². The second-order valence-electron chi connectivity index (χ2n) is 4.62. The van der Waals surface area contributed by atoms with Gasteiger partial charge in [-0.25, -0.2) is 0 Å². The van der Waals surface area contributed by atoms with Gasteiger partial charge in [-0.2, -0.15) is 28.8 Å². The molecule has 0 aromatic heterocycles. The third-order valence-corrected chi connectivity index (χ3v) is 6.48. The van der Waals surface area contributed by atoms with Gasteiger partial charge in [-0.15, -0.1) is 0 Å². The van der Waals surface area contributed by atoms with Gasteiger partial charge in [0.1, 0.15) is 0 Å². The van der Waals surface area contributed by atoms with Gasteiger partial charge >= 0.3 is 0 Å². The number of hydrogen-bond donors (Lipinski definition) is 1. The fraction of sp³-hybridized carbons (Fsp3) is 1.00. The Kier molecular flexibility index (Phi) is 6.94. The standard InChI is InChI=1S/C11H25N3O2S2/c1-12-7-4-8-13(2)18(15,16)14-9-5-11(17-3)6-10-14/h11-12H,4-10H2,1-3H3. The summed E-state index contributed by atoms with van der Waals surface area (Å²) in [5.41, 5.74) is 0. The van der Waals surface area contributed by atoms with Gasteiger partial charge in [0.2, 0.25) is 0 Å². The lowest BCUT2D eigenvalue weighted by Gasteiger charge is -2.33. The van der Waals surface area contributed by atoms with E-state index in [2.05, 4.69) is 11.6 Å². The van der Waals surface area contributed by atoms with E-state index in [1.807, 2.05) is 18.8 Å². The Hall–Kier alpha value is 0.180. The van der Waals surface area contributed by atoms with E-state index in [0.29, 0.717) is 24.9 Å². The van der Waals surface area contributed by atoms with E-state index in [0.717, 1.165) is 25.8 Å². The molecule has 1 N–H and O–H groups in total. The Labute approximate surface area is 115 Å². The third kappa shape index (κ3) is 4.38. The monoisotopic (exact) mass is 295 g/mol. The van der Waals surface area contributed by atoms with E-state index in [1.165, 1.54) is 4.31 Å². The zero-order valence-electron chi connectivity index (χ0n) is 11.6. The summed E-state index contributed by atoms with van der Waals surface area (Å²) in [5.74, 6) is 0. The first-order valence-electron chi connectivity index (χ1n) is 6.41. The predicted molar refractivity (Wildman–Crippen MR) is 78.2 cm³/mol. The van der Waals surface area contributed by atoms with E-state index in [4.69, 9.17) is 0 Å². The van der Waals surface area contributed by atoms with Gasteiger partial charge in [-0.3, -0.25) is 0 Å². The van der Waals surface area contributed by atoms with E-state index >= 15 is 0 Å². The molecule has 0 bridgehead atoms. The van der Waals surface area contributed by atoms with Crippen LogP contribution in [0.15, 0.2) is 0 Å². The summed E-state index contributed by atoms with van der Waals surface area (Å²) in [5, 5.41) is 3.65. The molecule has 0 aromatic rings. The summed E-state index contributed by atoms with van der Waals surface area (Å²) in [6.45, 7) is 2.73. The molecule has 0 aliphatic carbocycles. The Bertz CT molecular complexity index is 327. The molecule has 1 fully saturated rings. The quantitative estimate of drug-likeness (QED) is 0.699. The summed E-state index contributed by atoms with van der Waals surface area (Å²) in [6.07, 6.45) is 4.86. The van der Waals surface area contributed by atoms with Crippen molar-refractivity contribution in [2.75, 3.05) is 46.5 Å². The molecule has 0 amide bonds. The number of rotatable bonds is 7. The van der Waals surface area contributed by atoms with Crippen LogP contribution in [-0.2, 0) is 10.2 Å². The van der Waals surface area contributed by atoms with Crippen LogP contribution in [0.1, 0.15) is 19.3 Å². The van der Waals surface area contributed by atoms with Crippen LogP contribution in [-0.4, -0.2) is 68.8 Å². The van der Waals surface area contributed by atoms with Crippen molar-refractivity contribution in [3.8, 4) is 0 Å². The van der Waals surface area contributed by atoms with Crippen molar-refractivity contribution in [3.63, 3.8) is 0 Å². The highest BCUT2D eigenvalue weighted by Crippen LogP contribution is 2.23. The van der Waals surface area contributed by atoms with Gasteiger partial charge in [-0.1, -0.05) is 0 Å². The van der Waals surface area contributed by atoms with Crippen molar-refractivity contribution in [1.29, 1.82) is 0 Å². The van der Waals surface area contributed by atoms with Crippen molar-refractivity contribution in [3.05, 3.63) is 0 Å². The summed E-state index contributed by atoms with van der Waals surface area (Å²) in [4.78, 5) is 0. The molecule has 108 valence electrons. The molecule has 0 spiro atoms. The summed E-state index contributed by atoms with van der Waals surface area (Å²) >= 11 is 1.84. The zero-order chi connectivity index (χ0) is 13.6. The lowest BCUT2D eigenvalue weighted by Crippen LogP contribution is -2.46. The van der Waals surface area contributed by atoms with Gasteiger partial charge in [-0.05, 0) is 39.1 Å². The van der Waals surface area contributed by atoms with Crippen LogP contribution in [0, 0.1) is 0 Å². The van der Waals surface area contributed by atoms with E-state index < -0.39 is 10.2 Å². The fourth-order valence-corrected chi connectivity index (χ4v) is 4.20. The van der Waals surface area contributed by atoms with Crippen molar-refractivity contribution < 1.29 is 8.42 Å². The number of nitrogens with one attached hydrogen (secondary N) is 1. The minimum absolute atomic E-state index is 0.575. The molecule has 1 rings (SSSR count). The summed E-state index contributed by atoms with van der Waals surface area (Å²) in [6, 6.07) is 0. The molecule has 18 heavy (non-hydrogen) atoms. The molecule has 0 atom stereocenters. The normalized spacial score (nSPS) is 19.6. The highest BCUT2D eigenvalue weighted by Gasteiger charge is 2.30. The lowest BCUT2D eigenvalue weighted by atomic mass is 10.2. The van der Waals surface area contributed by atoms with Crippen LogP contribution in [0.4, 0.5) is 0 Å². The minimum Gasteiger partial charge on any atom is -0.320 e. The third-order valence-electron chi connectivity index (χ3n) is 3.35. The number of piperidine rings is 1. The average molecular weight is 295 g/mol. The SMILES string of the molecule is CNCCCN(C)S(=O)(=O)N1CCC(SC)CC1. The maximum absolute atomic E-state index is 12.3. The number of hydrogen-bond acceptors (Lipinski definition) is 4. The minimum atomic E-state index is -3.24. The Morgan fingerprint density at radius 3 is 2.50 bits per heavy atom. The predicted octanol–water partition coefficient (Wildman–Crippen LogP) is 0.600. The van der Waals surface area contributed by atoms with Gasteiger partial charge in [0.25, 0.3) is 10.2 Å². The molecule has 0 saturated carbocycles. The highest BCUT2D eigenvalue weighted by molar-refractivity contribution is 7.99. The van der Waals surface area contributed by atoms with Gasteiger partial charge in [0, 0.05) is 31.9 Å². The first-order chi connectivity index (χ1) is 8.52. The molecule has 0 aromatic carbocycles. The van der Waals surface area contributed by atoms with E-state index in [1.54, 1.807) is 11.4 Å². The summed E-state index contributed by atoms with van der Waals surface area (Å²) < 4.78 is 27.7. The van der Waals surface area contributed by atoms with Gasteiger partial charge in [0.15, 0.2) is 0 Å². The van der Waals surface area contributed by atoms with Crippen LogP contribution in [0.3, 0.4) is 0 Å². The second-order valence-corrected chi connectivity index (χ2v) is 7.79. The lowest BCUT2D eigenvalue weighted by molar-refractivity contribution is 0.319. The van der Waals surface area contributed by atoms with Crippen molar-refractivity contribution in [2.45, 2.75) is 24.5 Å². The fourth-order valence-electron chi connectivity index (χ4n) is 2.09. The molecular formula is C11H25N3O2S2. The smallest absolute Gasteiger partial charge is 0.281 e. The zero-order valence-corrected chi connectivity index (χ0v) is 13.2. The first-order valence-corrected chi connectivity index (χ1v) is 9.09. The van der Waals surface area contributed by atoms with E-state index in [9.17, 15) is 8.42 Å². The van der Waals surface area contributed by atoms with Crippen molar-refractivity contribution in [1.82, 2.24) is 13.9 Å². The van der Waals surface area contributed by atoms with Crippen molar-refractivity contribution in [2.24, 2.45) is 0 Å². The topological polar surface area (TPSA) is 52.7 Å². The molecular weight excluding hydrogens is 270 g/mol. The van der Waals surface area contributed by atoms with Gasteiger partial charge in [0.05, 0.1) is 0 Å². The molecule has 1 aliphatic heterocycles. The van der Waals surface area contributed by atoms with Crippen molar-refractivity contribution >= 4 is 22.0 Å². The molecule has 1 heterocycles. The van der Waals surface area contributed by atoms with Crippen LogP contribution >= 0.6 is 11.8 Å². The molecule has 7 heteroatoms. The van der Waals surface area contributed by atoms with Crippen LogP contribution in [0.2, 0.25) is 0 Å². The maximum atomic E-state index is 12.3. The molecule has 0 unspecified atom stereocenters.